The molecule has 0 aliphatic heterocycles. The predicted molar refractivity (Wildman–Crippen MR) is 108 cm³/mol. The van der Waals surface area contributed by atoms with Gasteiger partial charge in [-0.25, -0.2) is 8.42 Å². The van der Waals surface area contributed by atoms with Gasteiger partial charge in [-0.1, -0.05) is 35.2 Å². The number of nitrogens with one attached hydrogen (secondary N) is 1. The third-order valence-electron chi connectivity index (χ3n) is 3.48. The molecule has 0 spiro atoms. The number of halogens is 3. The third-order valence-corrected chi connectivity index (χ3v) is 6.69. The van der Waals surface area contributed by atoms with Crippen molar-refractivity contribution < 1.29 is 26.4 Å². The fourth-order valence-electron chi connectivity index (χ4n) is 2.29. The van der Waals surface area contributed by atoms with E-state index in [9.17, 15) is 26.4 Å². The number of carbonyl (C=O) groups excluding carboxylic acids is 1. The summed E-state index contributed by atoms with van der Waals surface area (Å²) in [5, 5.41) is 10.3. The number of nitrogens with zero attached hydrogens (tertiary/aromatic N) is 3. The molecule has 7 nitrogen and oxygen atoms in total. The minimum absolute atomic E-state index is 0.144. The van der Waals surface area contributed by atoms with Crippen molar-refractivity contribution in [2.45, 2.75) is 23.5 Å². The topological polar surface area (TPSA) is 92.3 Å². The van der Waals surface area contributed by atoms with E-state index < -0.39 is 33.7 Å². The predicted octanol–water partition coefficient (Wildman–Crippen LogP) is 3.63. The smallest absolute Gasteiger partial charge is 0.299 e. The number of amides is 1. The van der Waals surface area contributed by atoms with Gasteiger partial charge < -0.3 is 0 Å². The lowest BCUT2D eigenvalue weighted by Crippen LogP contribution is -2.45. The molecule has 0 aliphatic rings. The minimum atomic E-state index is -4.66. The number of sulfonamides is 1. The van der Waals surface area contributed by atoms with Crippen molar-refractivity contribution in [3.63, 3.8) is 0 Å². The number of hydrogen-bond donors (Lipinski definition) is 1. The van der Waals surface area contributed by atoms with Gasteiger partial charge in [0.2, 0.25) is 21.1 Å². The number of rotatable bonds is 8. The van der Waals surface area contributed by atoms with Gasteiger partial charge in [-0.2, -0.15) is 13.2 Å². The Hall–Kier alpha value is -2.12. The van der Waals surface area contributed by atoms with Crippen molar-refractivity contribution in [3.8, 4) is 0 Å². The first kappa shape index (κ1) is 23.2. The van der Waals surface area contributed by atoms with Gasteiger partial charge in [0.25, 0.3) is 0 Å². The molecule has 29 heavy (non-hydrogen) atoms. The zero-order chi connectivity index (χ0) is 21.8. The summed E-state index contributed by atoms with van der Waals surface area (Å²) in [5.41, 5.74) is -1.30. The number of thioether (sulfide) groups is 1. The number of benzene rings is 1. The van der Waals surface area contributed by atoms with E-state index in [0.29, 0.717) is 20.5 Å². The molecule has 2 aromatic rings. The summed E-state index contributed by atoms with van der Waals surface area (Å²) in [7, 11) is -4.07. The van der Waals surface area contributed by atoms with E-state index in [1.54, 1.807) is 6.08 Å². The molecule has 0 unspecified atom stereocenters. The van der Waals surface area contributed by atoms with Gasteiger partial charge in [-0.05, 0) is 25.1 Å². The van der Waals surface area contributed by atoms with Gasteiger partial charge in [-0.15, -0.1) is 16.8 Å². The van der Waals surface area contributed by atoms with E-state index in [1.165, 1.54) is 24.8 Å². The van der Waals surface area contributed by atoms with Crippen LogP contribution in [0.25, 0.3) is 0 Å². The van der Waals surface area contributed by atoms with Crippen molar-refractivity contribution in [2.75, 3.05) is 21.6 Å². The van der Waals surface area contributed by atoms with Crippen LogP contribution >= 0.6 is 23.1 Å². The van der Waals surface area contributed by atoms with Crippen molar-refractivity contribution in [1.29, 1.82) is 0 Å². The molecule has 1 amide bonds. The summed E-state index contributed by atoms with van der Waals surface area (Å²) < 4.78 is 64.7. The van der Waals surface area contributed by atoms with Crippen molar-refractivity contribution in [3.05, 3.63) is 42.5 Å². The van der Waals surface area contributed by atoms with Crippen molar-refractivity contribution in [2.24, 2.45) is 0 Å². The number of hydrogen-bond acceptors (Lipinski definition) is 7. The number of carbonyl (C=O) groups is 1. The van der Waals surface area contributed by atoms with Crippen LogP contribution in [0.4, 0.5) is 24.0 Å². The van der Waals surface area contributed by atoms with E-state index in [-0.39, 0.29) is 10.8 Å². The van der Waals surface area contributed by atoms with Crippen LogP contribution in [0.3, 0.4) is 0 Å². The van der Waals surface area contributed by atoms with Gasteiger partial charge >= 0.3 is 6.18 Å². The van der Waals surface area contributed by atoms with E-state index in [2.05, 4.69) is 22.1 Å². The molecule has 0 radical (unpaired) electrons. The molecule has 0 bridgehead atoms. The van der Waals surface area contributed by atoms with Crippen LogP contribution < -0.4 is 9.62 Å². The zero-order valence-corrected chi connectivity index (χ0v) is 17.8. The highest BCUT2D eigenvalue weighted by atomic mass is 32.2. The molecule has 0 aliphatic carbocycles. The molecule has 158 valence electrons. The Morgan fingerprint density at radius 1 is 1.41 bits per heavy atom. The van der Waals surface area contributed by atoms with Crippen LogP contribution in [0.15, 0.2) is 41.3 Å². The molecule has 1 N–H and O–H groups in total. The summed E-state index contributed by atoms with van der Waals surface area (Å²) in [6, 6.07) is 2.43. The maximum atomic E-state index is 13.0. The Kier molecular flexibility index (Phi) is 7.30. The Labute approximate surface area is 174 Å². The minimum Gasteiger partial charge on any atom is -0.299 e. The van der Waals surface area contributed by atoms with Crippen LogP contribution in [0.1, 0.15) is 12.5 Å². The lowest BCUT2D eigenvalue weighted by Gasteiger charge is -2.28. The normalized spacial score (nSPS) is 13.0. The van der Waals surface area contributed by atoms with Crippen LogP contribution in [-0.2, 0) is 21.0 Å². The summed E-state index contributed by atoms with van der Waals surface area (Å²) in [5.74, 6) is -0.166. The highest BCUT2D eigenvalue weighted by molar-refractivity contribution is 8.01. The largest absolute Gasteiger partial charge is 0.416 e. The Morgan fingerprint density at radius 3 is 2.69 bits per heavy atom. The SMILES string of the molecule is C=CCSc1nnc(NC(=O)[C@@H](C)N(c2cccc(C(F)(F)F)c2)S(C)(=O)=O)s1. The van der Waals surface area contributed by atoms with E-state index in [1.807, 2.05) is 0 Å². The van der Waals surface area contributed by atoms with Crippen LogP contribution in [0.2, 0.25) is 0 Å². The molecule has 0 fully saturated rings. The highest BCUT2D eigenvalue weighted by Gasteiger charge is 2.34. The molecule has 2 rings (SSSR count). The molecule has 1 atom stereocenters. The zero-order valence-electron chi connectivity index (χ0n) is 15.3. The molecule has 1 aromatic heterocycles. The molecule has 0 saturated carbocycles. The quantitative estimate of drug-likeness (QED) is 0.363. The highest BCUT2D eigenvalue weighted by Crippen LogP contribution is 2.33. The lowest BCUT2D eigenvalue weighted by molar-refractivity contribution is -0.137. The lowest BCUT2D eigenvalue weighted by atomic mass is 10.2. The summed E-state index contributed by atoms with van der Waals surface area (Å²) in [4.78, 5) is 12.6. The average molecular weight is 467 g/mol. The van der Waals surface area contributed by atoms with Crippen LogP contribution in [0, 0.1) is 0 Å². The Balaban J connectivity index is 2.28. The Morgan fingerprint density at radius 2 is 2.10 bits per heavy atom. The van der Waals surface area contributed by atoms with Gasteiger partial charge in [0.15, 0.2) is 4.34 Å². The standard InChI is InChI=1S/C16H17F3N4O3S3/c1-4-8-27-15-22-21-14(28-15)20-13(24)10(2)23(29(3,25)26)12-7-5-6-11(9-12)16(17,18)19/h4-7,9-10H,1,8H2,2-3H3,(H,20,21,24)/t10-/m1/s1. The first-order valence-electron chi connectivity index (χ1n) is 7.98. The maximum Gasteiger partial charge on any atom is 0.416 e. The molecule has 1 aromatic carbocycles. The Bertz CT molecular complexity index is 993. The molecule has 0 saturated heterocycles. The maximum absolute atomic E-state index is 13.0. The van der Waals surface area contributed by atoms with Gasteiger partial charge in [0.1, 0.15) is 6.04 Å². The fourth-order valence-corrected chi connectivity index (χ4v) is 4.97. The second-order valence-corrected chi connectivity index (χ2v) is 9.85. The molecular weight excluding hydrogens is 449 g/mol. The van der Waals surface area contributed by atoms with Crippen molar-refractivity contribution in [1.82, 2.24) is 10.2 Å². The van der Waals surface area contributed by atoms with Crippen LogP contribution in [0.5, 0.6) is 0 Å². The van der Waals surface area contributed by atoms with E-state index >= 15 is 0 Å². The molecule has 1 heterocycles. The summed E-state index contributed by atoms with van der Waals surface area (Å²) in [6.45, 7) is 4.85. The van der Waals surface area contributed by atoms with Crippen molar-refractivity contribution >= 4 is 49.8 Å². The summed E-state index contributed by atoms with van der Waals surface area (Å²) in [6.07, 6.45) is -2.17. The monoisotopic (exact) mass is 466 g/mol. The number of alkyl halides is 3. The second-order valence-electron chi connectivity index (χ2n) is 5.74. The fraction of sp³-hybridized carbons (Fsp3) is 0.312. The van der Waals surface area contributed by atoms with E-state index in [4.69, 9.17) is 0 Å². The first-order valence-corrected chi connectivity index (χ1v) is 11.6. The third kappa shape index (κ3) is 6.18. The van der Waals surface area contributed by atoms with Gasteiger partial charge in [-0.3, -0.25) is 14.4 Å². The van der Waals surface area contributed by atoms with Gasteiger partial charge in [0, 0.05) is 5.75 Å². The van der Waals surface area contributed by atoms with Gasteiger partial charge in [0.05, 0.1) is 17.5 Å². The van der Waals surface area contributed by atoms with E-state index in [0.717, 1.165) is 29.7 Å². The number of aromatic nitrogens is 2. The average Bonchev–Trinajstić information content (AvgIpc) is 3.05. The first-order chi connectivity index (χ1) is 13.4. The second kappa shape index (κ2) is 9.13. The molecule has 13 heteroatoms. The summed E-state index contributed by atoms with van der Waals surface area (Å²) >= 11 is 2.43. The number of anilines is 2. The van der Waals surface area contributed by atoms with Crippen LogP contribution in [-0.4, -0.2) is 42.6 Å². The molecular formula is C16H17F3N4O3S3.